The van der Waals surface area contributed by atoms with E-state index in [1.807, 2.05) is 31.2 Å². The predicted octanol–water partition coefficient (Wildman–Crippen LogP) is 3.19. The van der Waals surface area contributed by atoms with E-state index >= 15 is 0 Å². The SMILES string of the molecule is Cc1cc(/C(=C\CCCC(N)=O)c2ccc(Cl)c(=O)[nH]2)ccc1OCCCO. The van der Waals surface area contributed by atoms with Gasteiger partial charge in [0.2, 0.25) is 5.91 Å². The minimum absolute atomic E-state index is 0.0826. The molecule has 0 radical (unpaired) electrons. The van der Waals surface area contributed by atoms with Gasteiger partial charge in [-0.15, -0.1) is 0 Å². The first-order chi connectivity index (χ1) is 13.4. The molecule has 4 N–H and O–H groups in total. The summed E-state index contributed by atoms with van der Waals surface area (Å²) in [6.45, 7) is 2.46. The Bertz CT molecular complexity index is 906. The molecular weight excluding hydrogens is 380 g/mol. The molecular formula is C21H25ClN2O4. The Morgan fingerprint density at radius 3 is 2.71 bits per heavy atom. The van der Waals surface area contributed by atoms with Gasteiger partial charge in [-0.05, 0) is 55.2 Å². The molecule has 0 bridgehead atoms. The van der Waals surface area contributed by atoms with Gasteiger partial charge in [-0.3, -0.25) is 9.59 Å². The predicted molar refractivity (Wildman–Crippen MR) is 111 cm³/mol. The number of aliphatic hydroxyl groups is 1. The molecule has 1 aromatic carbocycles. The largest absolute Gasteiger partial charge is 0.493 e. The number of aromatic nitrogens is 1. The number of amides is 1. The van der Waals surface area contributed by atoms with Crippen LogP contribution in [0.4, 0.5) is 0 Å². The summed E-state index contributed by atoms with van der Waals surface area (Å²) in [4.78, 5) is 25.7. The van der Waals surface area contributed by atoms with Gasteiger partial charge in [0.05, 0.1) is 6.61 Å². The van der Waals surface area contributed by atoms with Gasteiger partial charge >= 0.3 is 0 Å². The lowest BCUT2D eigenvalue weighted by Gasteiger charge is -2.13. The quantitative estimate of drug-likeness (QED) is 0.529. The fourth-order valence-electron chi connectivity index (χ4n) is 2.74. The molecule has 0 aliphatic heterocycles. The van der Waals surface area contributed by atoms with E-state index in [1.54, 1.807) is 12.1 Å². The molecule has 1 aromatic heterocycles. The fourth-order valence-corrected chi connectivity index (χ4v) is 2.85. The lowest BCUT2D eigenvalue weighted by atomic mass is 9.98. The number of halogens is 1. The molecule has 150 valence electrons. The van der Waals surface area contributed by atoms with Crippen molar-refractivity contribution in [3.8, 4) is 5.75 Å². The number of benzene rings is 1. The molecule has 1 amide bonds. The molecule has 0 aliphatic carbocycles. The molecule has 1 heterocycles. The third kappa shape index (κ3) is 6.25. The van der Waals surface area contributed by atoms with E-state index in [9.17, 15) is 9.59 Å². The van der Waals surface area contributed by atoms with E-state index in [4.69, 9.17) is 27.2 Å². The molecule has 2 rings (SSSR count). The van der Waals surface area contributed by atoms with E-state index in [2.05, 4.69) is 4.98 Å². The number of unbranched alkanes of at least 4 members (excludes halogenated alkanes) is 1. The Labute approximate surface area is 169 Å². The average Bonchev–Trinajstić information content (AvgIpc) is 2.65. The number of H-pyrrole nitrogens is 1. The zero-order valence-electron chi connectivity index (χ0n) is 15.8. The second-order valence-electron chi connectivity index (χ2n) is 6.43. The van der Waals surface area contributed by atoms with Crippen LogP contribution in [0.2, 0.25) is 5.02 Å². The summed E-state index contributed by atoms with van der Waals surface area (Å²) in [5.74, 6) is 0.407. The zero-order chi connectivity index (χ0) is 20.5. The molecule has 6 nitrogen and oxygen atoms in total. The van der Waals surface area contributed by atoms with Crippen molar-refractivity contribution in [1.29, 1.82) is 0 Å². The van der Waals surface area contributed by atoms with E-state index in [0.29, 0.717) is 38.0 Å². The zero-order valence-corrected chi connectivity index (χ0v) is 16.6. The maximum atomic E-state index is 11.9. The van der Waals surface area contributed by atoms with Crippen LogP contribution in [-0.4, -0.2) is 29.2 Å². The number of nitrogens with one attached hydrogen (secondary N) is 1. The highest BCUT2D eigenvalue weighted by Crippen LogP contribution is 2.28. The van der Waals surface area contributed by atoms with Crippen molar-refractivity contribution in [3.05, 3.63) is 68.6 Å². The number of aryl methyl sites for hydroxylation is 1. The molecule has 0 spiro atoms. The van der Waals surface area contributed by atoms with E-state index < -0.39 is 0 Å². The van der Waals surface area contributed by atoms with E-state index in [1.165, 1.54) is 0 Å². The second-order valence-corrected chi connectivity index (χ2v) is 6.84. The minimum Gasteiger partial charge on any atom is -0.493 e. The van der Waals surface area contributed by atoms with Crippen LogP contribution >= 0.6 is 11.6 Å². The normalized spacial score (nSPS) is 11.5. The summed E-state index contributed by atoms with van der Waals surface area (Å²) in [7, 11) is 0. The van der Waals surface area contributed by atoms with Gasteiger partial charge in [0.25, 0.3) is 5.56 Å². The van der Waals surface area contributed by atoms with Crippen molar-refractivity contribution < 1.29 is 14.6 Å². The number of primary amides is 1. The highest BCUT2D eigenvalue weighted by Gasteiger charge is 2.10. The molecule has 0 atom stereocenters. The molecule has 0 fully saturated rings. The maximum absolute atomic E-state index is 11.9. The Morgan fingerprint density at radius 1 is 1.29 bits per heavy atom. The van der Waals surface area contributed by atoms with Gasteiger partial charge in [0.1, 0.15) is 10.8 Å². The number of hydrogen-bond donors (Lipinski definition) is 3. The second kappa shape index (κ2) is 10.7. The lowest BCUT2D eigenvalue weighted by molar-refractivity contribution is -0.118. The van der Waals surface area contributed by atoms with Crippen LogP contribution in [-0.2, 0) is 4.79 Å². The van der Waals surface area contributed by atoms with Crippen molar-refractivity contribution in [2.75, 3.05) is 13.2 Å². The first kappa shape index (κ1) is 21.7. The highest BCUT2D eigenvalue weighted by atomic mass is 35.5. The molecule has 0 unspecified atom stereocenters. The maximum Gasteiger partial charge on any atom is 0.267 e. The summed E-state index contributed by atoms with van der Waals surface area (Å²) in [6, 6.07) is 9.07. The number of pyridine rings is 1. The molecule has 2 aromatic rings. The average molecular weight is 405 g/mol. The van der Waals surface area contributed by atoms with Gasteiger partial charge in [-0.2, -0.15) is 0 Å². The summed E-state index contributed by atoms with van der Waals surface area (Å²) in [5.41, 5.74) is 8.17. The van der Waals surface area contributed by atoms with Crippen LogP contribution in [0.5, 0.6) is 5.75 Å². The van der Waals surface area contributed by atoms with E-state index in [-0.39, 0.29) is 23.1 Å². The molecule has 0 saturated heterocycles. The number of carbonyl (C=O) groups is 1. The van der Waals surface area contributed by atoms with Crippen LogP contribution < -0.4 is 16.0 Å². The van der Waals surface area contributed by atoms with Gasteiger partial charge < -0.3 is 20.6 Å². The Morgan fingerprint density at radius 2 is 2.07 bits per heavy atom. The van der Waals surface area contributed by atoms with Crippen LogP contribution in [0.25, 0.3) is 5.57 Å². The van der Waals surface area contributed by atoms with Gasteiger partial charge in [0, 0.05) is 30.7 Å². The molecule has 7 heteroatoms. The molecule has 0 aliphatic rings. The number of carbonyl (C=O) groups excluding carboxylic acids is 1. The number of hydrogen-bond acceptors (Lipinski definition) is 4. The van der Waals surface area contributed by atoms with Crippen LogP contribution in [0.15, 0.2) is 41.2 Å². The van der Waals surface area contributed by atoms with Crippen LogP contribution in [0.1, 0.15) is 42.5 Å². The van der Waals surface area contributed by atoms with Crippen molar-refractivity contribution >= 4 is 23.1 Å². The summed E-state index contributed by atoms with van der Waals surface area (Å²) in [6.07, 6.45) is 4.10. The Kier molecular flexibility index (Phi) is 8.29. The van der Waals surface area contributed by atoms with Crippen LogP contribution in [0.3, 0.4) is 0 Å². The summed E-state index contributed by atoms with van der Waals surface area (Å²) >= 11 is 5.85. The first-order valence-electron chi connectivity index (χ1n) is 9.14. The number of aliphatic hydroxyl groups excluding tert-OH is 1. The van der Waals surface area contributed by atoms with Crippen molar-refractivity contribution in [2.45, 2.75) is 32.6 Å². The summed E-state index contributed by atoms with van der Waals surface area (Å²) < 4.78 is 5.67. The number of aromatic amines is 1. The molecule has 28 heavy (non-hydrogen) atoms. The number of rotatable bonds is 10. The van der Waals surface area contributed by atoms with Gasteiger partial charge in [-0.25, -0.2) is 0 Å². The number of ether oxygens (including phenoxy) is 1. The number of nitrogens with two attached hydrogens (primary N) is 1. The standard InChI is InChI=1S/C21H25ClN2O4/c1-14-13-15(7-10-19(14)28-12-4-11-25)16(5-2-3-6-20(23)26)18-9-8-17(22)21(27)24-18/h5,7-10,13,25H,2-4,6,11-12H2,1H3,(H2,23,26)(H,24,27)/b16-5+. The first-order valence-corrected chi connectivity index (χ1v) is 9.52. The smallest absolute Gasteiger partial charge is 0.267 e. The third-order valence-corrected chi connectivity index (χ3v) is 4.47. The minimum atomic E-state index is -0.358. The third-order valence-electron chi connectivity index (χ3n) is 4.17. The highest BCUT2D eigenvalue weighted by molar-refractivity contribution is 6.30. The van der Waals surface area contributed by atoms with Crippen LogP contribution in [0, 0.1) is 6.92 Å². The van der Waals surface area contributed by atoms with Crippen molar-refractivity contribution in [1.82, 2.24) is 4.98 Å². The lowest BCUT2D eigenvalue weighted by Crippen LogP contribution is -2.10. The Hall–Kier alpha value is -2.57. The number of allylic oxidation sites excluding steroid dienone is 1. The van der Waals surface area contributed by atoms with Gasteiger partial charge in [0.15, 0.2) is 0 Å². The fraction of sp³-hybridized carbons (Fsp3) is 0.333. The molecule has 0 saturated carbocycles. The summed E-state index contributed by atoms with van der Waals surface area (Å²) in [5, 5.41) is 9.01. The monoisotopic (exact) mass is 404 g/mol. The topological polar surface area (TPSA) is 105 Å². The van der Waals surface area contributed by atoms with E-state index in [0.717, 1.165) is 22.4 Å². The van der Waals surface area contributed by atoms with Crippen molar-refractivity contribution in [3.63, 3.8) is 0 Å². The van der Waals surface area contributed by atoms with Gasteiger partial charge in [-0.1, -0.05) is 23.7 Å². The van der Waals surface area contributed by atoms with Crippen molar-refractivity contribution in [2.24, 2.45) is 5.73 Å². The Balaban J connectivity index is 2.33.